The molecule has 1 aromatic heterocycles. The molecule has 0 fully saturated rings. The molecule has 0 unspecified atom stereocenters. The van der Waals surface area contributed by atoms with Gasteiger partial charge in [-0.1, -0.05) is 11.2 Å². The lowest BCUT2D eigenvalue weighted by Crippen LogP contribution is -2.21. The minimum absolute atomic E-state index is 0.0480. The lowest BCUT2D eigenvalue weighted by molar-refractivity contribution is -0.114. The Morgan fingerprint density at radius 2 is 1.80 bits per heavy atom. The Morgan fingerprint density at radius 1 is 1.09 bits per heavy atom. The third-order valence-electron chi connectivity index (χ3n) is 5.52. The minimum Gasteiger partial charge on any atom is -0.493 e. The van der Waals surface area contributed by atoms with E-state index in [0.29, 0.717) is 34.2 Å². The highest BCUT2D eigenvalue weighted by Crippen LogP contribution is 2.32. The maximum atomic E-state index is 13.1. The van der Waals surface area contributed by atoms with Crippen molar-refractivity contribution in [1.82, 2.24) is 5.16 Å². The number of ether oxygens (including phenoxy) is 2. The summed E-state index contributed by atoms with van der Waals surface area (Å²) < 4.78 is 39.5. The normalized spacial score (nSPS) is 15.0. The zero-order chi connectivity index (χ0) is 25.3. The van der Waals surface area contributed by atoms with Crippen molar-refractivity contribution in [2.45, 2.75) is 32.3 Å². The van der Waals surface area contributed by atoms with Gasteiger partial charge in [-0.05, 0) is 68.8 Å². The number of hydrogen-bond donors (Lipinski definition) is 1. The average Bonchev–Trinajstić information content (AvgIpc) is 3.30. The Hall–Kier alpha value is -3.96. The fourth-order valence-corrected chi connectivity index (χ4v) is 4.07. The average molecular weight is 497 g/mol. The van der Waals surface area contributed by atoms with E-state index in [1.165, 1.54) is 36.4 Å². The van der Waals surface area contributed by atoms with E-state index >= 15 is 0 Å². The number of carbonyl (C=O) groups is 1. The van der Waals surface area contributed by atoms with E-state index in [-0.39, 0.29) is 17.4 Å². The Kier molecular flexibility index (Phi) is 6.46. The van der Waals surface area contributed by atoms with Crippen molar-refractivity contribution in [3.05, 3.63) is 70.6 Å². The van der Waals surface area contributed by atoms with Crippen LogP contribution in [0.2, 0.25) is 0 Å². The monoisotopic (exact) mass is 496 g/mol. The highest BCUT2D eigenvalue weighted by Gasteiger charge is 2.29. The number of carbonyl (C=O) groups excluding carboxylic acids is 1. The SMILES string of the molecule is COc1cc(/C=C2\C(=O)N(c3ccc(S(N)(=O)=O)cc3)N=C2C)ccc1OCc1c(C)noc1C. The molecule has 0 saturated carbocycles. The van der Waals surface area contributed by atoms with Crippen LogP contribution in [0.3, 0.4) is 0 Å². The van der Waals surface area contributed by atoms with Crippen molar-refractivity contribution in [1.29, 1.82) is 0 Å². The number of rotatable bonds is 7. The second-order valence-corrected chi connectivity index (χ2v) is 9.46. The summed E-state index contributed by atoms with van der Waals surface area (Å²) in [6.07, 6.45) is 1.71. The van der Waals surface area contributed by atoms with Gasteiger partial charge >= 0.3 is 0 Å². The summed E-state index contributed by atoms with van der Waals surface area (Å²) in [7, 11) is -2.29. The van der Waals surface area contributed by atoms with Gasteiger partial charge in [0.1, 0.15) is 12.4 Å². The predicted molar refractivity (Wildman–Crippen MR) is 130 cm³/mol. The molecule has 2 heterocycles. The van der Waals surface area contributed by atoms with Gasteiger partial charge in [0.15, 0.2) is 11.5 Å². The Balaban J connectivity index is 1.55. The maximum absolute atomic E-state index is 13.1. The molecule has 4 rings (SSSR count). The molecule has 1 aliphatic rings. The summed E-state index contributed by atoms with van der Waals surface area (Å²) in [6.45, 7) is 5.68. The predicted octanol–water partition coefficient (Wildman–Crippen LogP) is 3.33. The second-order valence-electron chi connectivity index (χ2n) is 7.90. The van der Waals surface area contributed by atoms with Crippen molar-refractivity contribution >= 4 is 33.4 Å². The largest absolute Gasteiger partial charge is 0.493 e. The van der Waals surface area contributed by atoms with E-state index in [1.54, 1.807) is 25.1 Å². The number of benzene rings is 2. The fourth-order valence-electron chi connectivity index (χ4n) is 3.55. The molecule has 35 heavy (non-hydrogen) atoms. The molecule has 2 aromatic carbocycles. The van der Waals surface area contributed by atoms with Crippen molar-refractivity contribution in [3.8, 4) is 11.5 Å². The summed E-state index contributed by atoms with van der Waals surface area (Å²) in [5.41, 5.74) is 3.69. The first-order valence-electron chi connectivity index (χ1n) is 10.6. The van der Waals surface area contributed by atoms with Gasteiger partial charge in [-0.3, -0.25) is 4.79 Å². The van der Waals surface area contributed by atoms with E-state index in [1.807, 2.05) is 19.9 Å². The zero-order valence-electron chi connectivity index (χ0n) is 19.6. The number of hydrogen-bond acceptors (Lipinski definition) is 8. The number of primary sulfonamides is 1. The van der Waals surface area contributed by atoms with Crippen molar-refractivity contribution in [2.24, 2.45) is 10.2 Å². The van der Waals surface area contributed by atoms with Gasteiger partial charge in [0.05, 0.1) is 40.2 Å². The molecular formula is C24H24N4O6S. The van der Waals surface area contributed by atoms with Gasteiger partial charge in [-0.2, -0.15) is 10.1 Å². The lowest BCUT2D eigenvalue weighted by Gasteiger charge is -2.12. The van der Waals surface area contributed by atoms with Crippen LogP contribution in [0.25, 0.3) is 6.08 Å². The minimum atomic E-state index is -3.83. The van der Waals surface area contributed by atoms with Crippen LogP contribution in [0.1, 0.15) is 29.5 Å². The number of sulfonamides is 1. The number of aromatic nitrogens is 1. The van der Waals surface area contributed by atoms with Gasteiger partial charge < -0.3 is 14.0 Å². The molecule has 0 aliphatic carbocycles. The topological polar surface area (TPSA) is 137 Å². The van der Waals surface area contributed by atoms with Crippen LogP contribution in [0, 0.1) is 13.8 Å². The van der Waals surface area contributed by atoms with Crippen LogP contribution in [0.4, 0.5) is 5.69 Å². The highest BCUT2D eigenvalue weighted by molar-refractivity contribution is 7.89. The number of nitrogens with two attached hydrogens (primary N) is 1. The second kappa shape index (κ2) is 9.35. The molecule has 2 N–H and O–H groups in total. The highest BCUT2D eigenvalue weighted by atomic mass is 32.2. The molecule has 1 aliphatic heterocycles. The summed E-state index contributed by atoms with van der Waals surface area (Å²) in [5, 5.41) is 14.6. The van der Waals surface area contributed by atoms with Crippen LogP contribution in [-0.4, -0.2) is 32.3 Å². The molecule has 1 amide bonds. The van der Waals surface area contributed by atoms with E-state index in [4.69, 9.17) is 19.1 Å². The molecule has 0 radical (unpaired) electrons. The molecule has 0 atom stereocenters. The number of aryl methyl sites for hydroxylation is 2. The van der Waals surface area contributed by atoms with Crippen LogP contribution in [0.5, 0.6) is 11.5 Å². The van der Waals surface area contributed by atoms with E-state index in [2.05, 4.69) is 10.3 Å². The van der Waals surface area contributed by atoms with Gasteiger partial charge in [0, 0.05) is 0 Å². The zero-order valence-corrected chi connectivity index (χ0v) is 20.4. The smallest absolute Gasteiger partial charge is 0.280 e. The van der Waals surface area contributed by atoms with Gasteiger partial charge in [-0.25, -0.2) is 13.6 Å². The van der Waals surface area contributed by atoms with Crippen LogP contribution in [0.15, 0.2) is 62.6 Å². The first kappa shape index (κ1) is 24.2. The maximum Gasteiger partial charge on any atom is 0.280 e. The third-order valence-corrected chi connectivity index (χ3v) is 6.45. The number of nitrogens with zero attached hydrogens (tertiary/aromatic N) is 3. The van der Waals surface area contributed by atoms with E-state index < -0.39 is 10.0 Å². The summed E-state index contributed by atoms with van der Waals surface area (Å²) in [4.78, 5) is 13.0. The number of amides is 1. The molecular weight excluding hydrogens is 472 g/mol. The van der Waals surface area contributed by atoms with Crippen LogP contribution < -0.4 is 19.6 Å². The quantitative estimate of drug-likeness (QED) is 0.495. The summed E-state index contributed by atoms with van der Waals surface area (Å²) in [6, 6.07) is 10.9. The first-order valence-corrected chi connectivity index (χ1v) is 12.1. The Labute approximate surface area is 202 Å². The standard InChI is InChI=1S/C24H24N4O6S/c1-14-20(24(29)28(26-14)18-6-8-19(9-7-18)35(25,30)31)11-17-5-10-22(23(12-17)32-4)33-13-21-15(2)27-34-16(21)3/h5-12H,13H2,1-4H3,(H2,25,30,31)/b20-11-. The van der Waals surface area contributed by atoms with Crippen LogP contribution >= 0.6 is 0 Å². The number of anilines is 1. The number of methoxy groups -OCH3 is 1. The lowest BCUT2D eigenvalue weighted by atomic mass is 10.1. The van der Waals surface area contributed by atoms with E-state index in [9.17, 15) is 13.2 Å². The van der Waals surface area contributed by atoms with Gasteiger partial charge in [0.25, 0.3) is 5.91 Å². The van der Waals surface area contributed by atoms with Crippen molar-refractivity contribution in [3.63, 3.8) is 0 Å². The van der Waals surface area contributed by atoms with Crippen LogP contribution in [-0.2, 0) is 21.4 Å². The van der Waals surface area contributed by atoms with Crippen molar-refractivity contribution in [2.75, 3.05) is 12.1 Å². The molecule has 0 saturated heterocycles. The molecule has 10 nitrogen and oxygen atoms in total. The van der Waals surface area contributed by atoms with Gasteiger partial charge in [0.2, 0.25) is 10.0 Å². The Bertz CT molecular complexity index is 1440. The molecule has 0 spiro atoms. The molecule has 0 bridgehead atoms. The van der Waals surface area contributed by atoms with Gasteiger partial charge in [-0.15, -0.1) is 0 Å². The third kappa shape index (κ3) is 4.96. The molecule has 3 aromatic rings. The number of hydrazone groups is 1. The first-order chi connectivity index (χ1) is 16.6. The van der Waals surface area contributed by atoms with Crippen molar-refractivity contribution < 1.29 is 27.2 Å². The summed E-state index contributed by atoms with van der Waals surface area (Å²) in [5.74, 6) is 1.39. The molecule has 182 valence electrons. The fraction of sp³-hybridized carbons (Fsp3) is 0.208. The Morgan fingerprint density at radius 3 is 2.40 bits per heavy atom. The molecule has 11 heteroatoms. The summed E-state index contributed by atoms with van der Waals surface area (Å²) >= 11 is 0. The van der Waals surface area contributed by atoms with E-state index in [0.717, 1.165) is 16.8 Å².